The average Bonchev–Trinajstić information content (AvgIpc) is 0.692. The first-order chi connectivity index (χ1) is 39.1. The van der Waals surface area contributed by atoms with Gasteiger partial charge < -0.3 is 114 Å². The number of fused-ring (bicyclic) bond motifs is 7. The van der Waals surface area contributed by atoms with Crippen LogP contribution < -0.4 is 0 Å². The third kappa shape index (κ3) is 10.8. The largest absolute Gasteiger partial charge is 0.432 e. The molecule has 4 saturated carbocycles. The maximum atomic E-state index is 15.7. The smallest absolute Gasteiger partial charge is 0.315 e. The molecule has 0 spiro atoms. The van der Waals surface area contributed by atoms with E-state index in [1.165, 1.54) is 26.3 Å². The van der Waals surface area contributed by atoms with Crippen LogP contribution >= 0.6 is 0 Å². The summed E-state index contributed by atoms with van der Waals surface area (Å²) in [6.07, 6.45) is -28.2. The number of aliphatic hydroxyl groups is 13. The van der Waals surface area contributed by atoms with Crippen molar-refractivity contribution in [1.29, 1.82) is 0 Å². The Balaban J connectivity index is 0.902. The molecule has 0 radical (unpaired) electrons. The van der Waals surface area contributed by atoms with Crippen molar-refractivity contribution in [2.75, 3.05) is 6.61 Å². The first-order valence-corrected chi connectivity index (χ1v) is 30.8. The van der Waals surface area contributed by atoms with Gasteiger partial charge in [0, 0.05) is 0 Å². The standard InChI is InChI=1S/C60H98O24/c1-24-34(61)39(66)44(71)49(76-24)75-23-30-38(65)43(70)48(83-51-46(73)41(68)36(63)26(3)78-51)53(80-30)84-54(74)60-20-18-55(5,6)22-29(60)28-12-13-32-57(9)16-15-33(56(7,8)31(57)14-17-59(32,11)58(28,10)19-21-60)81-52-47(42(69)37(64)27(4)79-52)82-50-45(72)40(67)35(62)25(2)77-50/h12,24-27,29-53,61-73H,13-23H2,1-11H3/t24-,25+,26+,27-,29?,30-,31?,32?,33+,34+,35+,36+,37+,38-,39+,40-,41-,42+,43+,44-,45-,46-,47-,48-,49?,50+,51+,52+,53+,57+,58-,59-,60+/m1/s1. The summed E-state index contributed by atoms with van der Waals surface area (Å²) in [5, 5.41) is 142. The van der Waals surface area contributed by atoms with Crippen LogP contribution in [-0.2, 0) is 52.2 Å². The minimum absolute atomic E-state index is 0.150. The number of ether oxygens (including phenoxy) is 10. The summed E-state index contributed by atoms with van der Waals surface area (Å²) in [4.78, 5) is 15.7. The molecule has 5 saturated heterocycles. The maximum Gasteiger partial charge on any atom is 0.315 e. The lowest BCUT2D eigenvalue weighted by atomic mass is 9.33. The fourth-order valence-corrected chi connectivity index (χ4v) is 17.7. The van der Waals surface area contributed by atoms with Crippen LogP contribution in [0.3, 0.4) is 0 Å². The molecule has 4 unspecified atom stereocenters. The van der Waals surface area contributed by atoms with Crippen LogP contribution in [0.5, 0.6) is 0 Å². The van der Waals surface area contributed by atoms with Gasteiger partial charge in [-0.1, -0.05) is 60.1 Å². The number of carbonyl (C=O) groups excluding carboxylic acids is 1. The molecule has 24 nitrogen and oxygen atoms in total. The highest BCUT2D eigenvalue weighted by molar-refractivity contribution is 5.79. The topological polar surface area (TPSA) is 372 Å². The quantitative estimate of drug-likeness (QED) is 0.0730. The van der Waals surface area contributed by atoms with Crippen LogP contribution in [0.15, 0.2) is 11.6 Å². The molecule has 10 rings (SSSR count). The van der Waals surface area contributed by atoms with Crippen molar-refractivity contribution in [2.45, 2.75) is 300 Å². The third-order valence-corrected chi connectivity index (χ3v) is 23.4. The molecule has 84 heavy (non-hydrogen) atoms. The predicted octanol–water partition coefficient (Wildman–Crippen LogP) is -0.101. The zero-order valence-corrected chi connectivity index (χ0v) is 50.4. The summed E-state index contributed by atoms with van der Waals surface area (Å²) in [7, 11) is 0. The number of carbonyl (C=O) groups is 1. The van der Waals surface area contributed by atoms with Crippen molar-refractivity contribution in [1.82, 2.24) is 0 Å². The number of rotatable bonds is 11. The van der Waals surface area contributed by atoms with E-state index in [2.05, 4.69) is 54.5 Å². The van der Waals surface area contributed by atoms with E-state index in [0.717, 1.165) is 25.7 Å². The van der Waals surface area contributed by atoms with Crippen LogP contribution in [0.4, 0.5) is 0 Å². The summed E-state index contributed by atoms with van der Waals surface area (Å²) in [5.74, 6) is -0.542. The molecule has 5 heterocycles. The minimum atomic E-state index is -1.90. The summed E-state index contributed by atoms with van der Waals surface area (Å²) in [6, 6.07) is 0. The van der Waals surface area contributed by atoms with Crippen molar-refractivity contribution >= 4 is 5.97 Å². The van der Waals surface area contributed by atoms with Gasteiger partial charge in [-0.15, -0.1) is 0 Å². The maximum absolute atomic E-state index is 15.7. The molecule has 24 heteroatoms. The fourth-order valence-electron chi connectivity index (χ4n) is 17.7. The minimum Gasteiger partial charge on any atom is -0.432 e. The van der Waals surface area contributed by atoms with Gasteiger partial charge in [0.05, 0.1) is 42.5 Å². The molecule has 5 aliphatic heterocycles. The van der Waals surface area contributed by atoms with Crippen molar-refractivity contribution in [2.24, 2.45) is 50.2 Å². The molecule has 0 aromatic rings. The van der Waals surface area contributed by atoms with Crippen LogP contribution in [0, 0.1) is 50.2 Å². The lowest BCUT2D eigenvalue weighted by Gasteiger charge is -2.71. The van der Waals surface area contributed by atoms with Crippen molar-refractivity contribution in [3.05, 3.63) is 11.6 Å². The second kappa shape index (κ2) is 23.5. The number of hydrogen-bond acceptors (Lipinski definition) is 24. The van der Waals surface area contributed by atoms with Gasteiger partial charge in [-0.25, -0.2) is 0 Å². The highest BCUT2D eigenvalue weighted by Crippen LogP contribution is 2.76. The van der Waals surface area contributed by atoms with E-state index < -0.39 is 183 Å². The molecular weight excluding hydrogens is 1100 g/mol. The van der Waals surface area contributed by atoms with Crippen LogP contribution in [0.1, 0.15) is 140 Å². The van der Waals surface area contributed by atoms with E-state index in [0.29, 0.717) is 38.5 Å². The van der Waals surface area contributed by atoms with Gasteiger partial charge in [0.1, 0.15) is 91.6 Å². The molecule has 13 N–H and O–H groups in total. The Bertz CT molecular complexity index is 2360. The third-order valence-electron chi connectivity index (χ3n) is 23.4. The van der Waals surface area contributed by atoms with E-state index >= 15 is 4.79 Å². The molecular formula is C60H98O24. The first kappa shape index (κ1) is 65.3. The van der Waals surface area contributed by atoms with E-state index in [1.807, 2.05) is 0 Å². The second-order valence-electron chi connectivity index (χ2n) is 29.1. The predicted molar refractivity (Wildman–Crippen MR) is 290 cm³/mol. The summed E-state index contributed by atoms with van der Waals surface area (Å²) >= 11 is 0. The van der Waals surface area contributed by atoms with E-state index in [9.17, 15) is 66.4 Å². The molecule has 0 aromatic heterocycles. The molecule has 9 fully saturated rings. The fraction of sp³-hybridized carbons (Fsp3) is 0.950. The Morgan fingerprint density at radius 1 is 0.500 bits per heavy atom. The Morgan fingerprint density at radius 3 is 1.56 bits per heavy atom. The van der Waals surface area contributed by atoms with Gasteiger partial charge in [0.2, 0.25) is 6.29 Å². The Hall–Kier alpha value is -1.67. The van der Waals surface area contributed by atoms with Crippen molar-refractivity contribution in [3.8, 4) is 0 Å². The van der Waals surface area contributed by atoms with Gasteiger partial charge in [0.15, 0.2) is 31.3 Å². The average molecular weight is 1200 g/mol. The molecule has 33 atom stereocenters. The molecule has 5 aliphatic carbocycles. The lowest BCUT2D eigenvalue weighted by Crippen LogP contribution is -2.67. The van der Waals surface area contributed by atoms with Crippen molar-refractivity contribution < 1.29 is 119 Å². The SMILES string of the molecule is C[C@@H]1O[C@@H](O[C@H]2[C@H](O[C@H]3CC[C@@]4(C)C(CC[C@]5(C)C4CC=C4C6CC(C)(C)CC[C@]6(C(=O)O[C@@H]6O[C@H](COC7O[C@H](C)[C@H](O)[C@H](O)[C@H]7O)[C@@H](O)[C@H](O)[C@H]6O[C@@H]6O[C@@H](C)[C@H](O)[C@@H](O)[C@H]6O)CC[C@]45C)C3(C)C)O[C@H](C)[C@H](O)[C@@H]2O)[C@H](O)[C@H](O)[C@H]1O. The zero-order chi connectivity index (χ0) is 61.5. The van der Waals surface area contributed by atoms with E-state index in [-0.39, 0.29) is 39.4 Å². The molecule has 482 valence electrons. The molecule has 10 aliphatic rings. The number of hydrogen-bond donors (Lipinski definition) is 13. The Kier molecular flexibility index (Phi) is 18.3. The Morgan fingerprint density at radius 2 is 0.988 bits per heavy atom. The van der Waals surface area contributed by atoms with Gasteiger partial charge in [-0.05, 0) is 137 Å². The number of aliphatic hydroxyl groups excluding tert-OH is 13. The summed E-state index contributed by atoms with van der Waals surface area (Å²) < 4.78 is 61.2. The first-order valence-electron chi connectivity index (χ1n) is 30.8. The van der Waals surface area contributed by atoms with Crippen LogP contribution in [0.25, 0.3) is 0 Å². The van der Waals surface area contributed by atoms with Gasteiger partial charge in [-0.3, -0.25) is 4.79 Å². The summed E-state index contributed by atoms with van der Waals surface area (Å²) in [5.41, 5.74) is -1.32. The highest BCUT2D eigenvalue weighted by Gasteiger charge is 2.70. The number of allylic oxidation sites excluding steroid dienone is 2. The van der Waals surface area contributed by atoms with Crippen molar-refractivity contribution in [3.63, 3.8) is 0 Å². The second-order valence-corrected chi connectivity index (χ2v) is 29.1. The summed E-state index contributed by atoms with van der Waals surface area (Å²) in [6.45, 7) is 21.6. The zero-order valence-electron chi connectivity index (χ0n) is 50.4. The highest BCUT2D eigenvalue weighted by atomic mass is 16.8. The Labute approximate surface area is 491 Å². The van der Waals surface area contributed by atoms with Gasteiger partial charge >= 0.3 is 5.97 Å². The molecule has 0 amide bonds. The number of esters is 1. The van der Waals surface area contributed by atoms with Gasteiger partial charge in [-0.2, -0.15) is 0 Å². The van der Waals surface area contributed by atoms with Gasteiger partial charge in [0.25, 0.3) is 0 Å². The molecule has 0 bridgehead atoms. The van der Waals surface area contributed by atoms with E-state index in [4.69, 9.17) is 47.4 Å². The van der Waals surface area contributed by atoms with Crippen LogP contribution in [-0.4, -0.2) is 239 Å². The monoisotopic (exact) mass is 1200 g/mol. The van der Waals surface area contributed by atoms with E-state index in [1.54, 1.807) is 6.92 Å². The lowest BCUT2D eigenvalue weighted by molar-refractivity contribution is -0.373. The molecule has 0 aromatic carbocycles. The normalized spacial score (nSPS) is 55.5. The van der Waals surface area contributed by atoms with Crippen LogP contribution in [0.2, 0.25) is 0 Å².